The van der Waals surface area contributed by atoms with E-state index in [1.165, 1.54) is 0 Å². The molecule has 2 aromatic rings. The molecule has 0 unspecified atom stereocenters. The number of benzene rings is 2. The van der Waals surface area contributed by atoms with Crippen LogP contribution >= 0.6 is 0 Å². The average Bonchev–Trinajstić information content (AvgIpc) is 3.01. The number of fused-ring (bicyclic) bond motifs is 2. The zero-order valence-corrected chi connectivity index (χ0v) is 12.5. The number of hydrogen-bond donors (Lipinski definition) is 1. The summed E-state index contributed by atoms with van der Waals surface area (Å²) in [4.78, 5) is 12.5. The maximum absolute atomic E-state index is 12.5. The Kier molecular flexibility index (Phi) is 3.22. The van der Waals surface area contributed by atoms with Gasteiger partial charge in [0.25, 0.3) is 5.91 Å². The van der Waals surface area contributed by atoms with E-state index < -0.39 is 0 Å². The number of carbonyl (C=O) groups is 1. The molecule has 4 rings (SSSR count). The van der Waals surface area contributed by atoms with E-state index in [9.17, 15) is 4.79 Å². The molecule has 1 amide bonds. The summed E-state index contributed by atoms with van der Waals surface area (Å²) in [6.07, 6.45) is 0. The lowest BCUT2D eigenvalue weighted by molar-refractivity contribution is 0.102. The van der Waals surface area contributed by atoms with Crippen LogP contribution in [0.2, 0.25) is 0 Å². The first-order valence-electron chi connectivity index (χ1n) is 7.32. The number of aryl methyl sites for hydroxylation is 1. The van der Waals surface area contributed by atoms with Crippen LogP contribution in [-0.4, -0.2) is 25.9 Å². The average molecular weight is 313 g/mol. The van der Waals surface area contributed by atoms with E-state index in [0.29, 0.717) is 47.5 Å². The van der Waals surface area contributed by atoms with Crippen molar-refractivity contribution in [3.63, 3.8) is 0 Å². The highest BCUT2D eigenvalue weighted by atomic mass is 16.7. The van der Waals surface area contributed by atoms with Crippen molar-refractivity contribution in [3.05, 3.63) is 41.5 Å². The molecule has 0 saturated heterocycles. The Labute approximate surface area is 132 Å². The molecule has 0 saturated carbocycles. The molecule has 0 fully saturated rings. The van der Waals surface area contributed by atoms with Crippen molar-refractivity contribution < 1.29 is 23.7 Å². The lowest BCUT2D eigenvalue weighted by Crippen LogP contribution is -2.18. The van der Waals surface area contributed by atoms with Crippen LogP contribution < -0.4 is 24.3 Å². The molecule has 0 bridgehead atoms. The highest BCUT2D eigenvalue weighted by Crippen LogP contribution is 2.35. The molecule has 6 nitrogen and oxygen atoms in total. The van der Waals surface area contributed by atoms with Gasteiger partial charge >= 0.3 is 0 Å². The third kappa shape index (κ3) is 2.52. The normalized spacial score (nSPS) is 14.5. The van der Waals surface area contributed by atoms with Crippen LogP contribution in [-0.2, 0) is 0 Å². The molecule has 2 aromatic carbocycles. The zero-order valence-electron chi connectivity index (χ0n) is 12.5. The summed E-state index contributed by atoms with van der Waals surface area (Å²) in [5.74, 6) is 2.37. The molecule has 2 heterocycles. The molecular formula is C17H15NO5. The maximum Gasteiger partial charge on any atom is 0.256 e. The van der Waals surface area contributed by atoms with Gasteiger partial charge in [0.1, 0.15) is 13.2 Å². The van der Waals surface area contributed by atoms with Crippen LogP contribution in [0.3, 0.4) is 0 Å². The predicted molar refractivity (Wildman–Crippen MR) is 82.7 cm³/mol. The molecule has 2 aliphatic heterocycles. The molecular weight excluding hydrogens is 298 g/mol. The van der Waals surface area contributed by atoms with Crippen LogP contribution in [0, 0.1) is 6.92 Å². The molecule has 0 aromatic heterocycles. The lowest BCUT2D eigenvalue weighted by atomic mass is 10.1. The number of anilines is 1. The van der Waals surface area contributed by atoms with Crippen molar-refractivity contribution in [2.45, 2.75) is 6.92 Å². The number of hydrogen-bond acceptors (Lipinski definition) is 5. The van der Waals surface area contributed by atoms with E-state index >= 15 is 0 Å². The van der Waals surface area contributed by atoms with E-state index in [4.69, 9.17) is 18.9 Å². The number of carbonyl (C=O) groups excluding carboxylic acids is 1. The summed E-state index contributed by atoms with van der Waals surface area (Å²) in [7, 11) is 0. The molecule has 0 atom stereocenters. The van der Waals surface area contributed by atoms with Gasteiger partial charge in [-0.1, -0.05) is 0 Å². The summed E-state index contributed by atoms with van der Waals surface area (Å²) in [6.45, 7) is 3.08. The Morgan fingerprint density at radius 3 is 2.43 bits per heavy atom. The molecule has 23 heavy (non-hydrogen) atoms. The van der Waals surface area contributed by atoms with Gasteiger partial charge in [0, 0.05) is 17.3 Å². The van der Waals surface area contributed by atoms with Gasteiger partial charge in [0.05, 0.1) is 0 Å². The van der Waals surface area contributed by atoms with Crippen molar-refractivity contribution in [3.8, 4) is 23.0 Å². The smallest absolute Gasteiger partial charge is 0.256 e. The van der Waals surface area contributed by atoms with Gasteiger partial charge in [0.2, 0.25) is 6.79 Å². The van der Waals surface area contributed by atoms with E-state index in [1.807, 2.05) is 13.0 Å². The molecule has 0 radical (unpaired) electrons. The van der Waals surface area contributed by atoms with Gasteiger partial charge in [-0.05, 0) is 36.8 Å². The summed E-state index contributed by atoms with van der Waals surface area (Å²) >= 11 is 0. The Balaban J connectivity index is 1.59. The second-order valence-corrected chi connectivity index (χ2v) is 5.33. The van der Waals surface area contributed by atoms with E-state index in [1.54, 1.807) is 24.3 Å². The number of amides is 1. The minimum Gasteiger partial charge on any atom is -0.486 e. The van der Waals surface area contributed by atoms with E-state index in [2.05, 4.69) is 5.32 Å². The van der Waals surface area contributed by atoms with E-state index in [-0.39, 0.29) is 12.7 Å². The fourth-order valence-electron chi connectivity index (χ4n) is 2.61. The van der Waals surface area contributed by atoms with Crippen molar-refractivity contribution >= 4 is 11.6 Å². The van der Waals surface area contributed by atoms with Crippen molar-refractivity contribution in [2.75, 3.05) is 25.3 Å². The first-order chi connectivity index (χ1) is 11.2. The zero-order chi connectivity index (χ0) is 15.8. The van der Waals surface area contributed by atoms with Gasteiger partial charge in [-0.2, -0.15) is 0 Å². The Hall–Kier alpha value is -2.89. The van der Waals surface area contributed by atoms with Gasteiger partial charge in [-0.25, -0.2) is 0 Å². The summed E-state index contributed by atoms with van der Waals surface area (Å²) in [6, 6.07) is 8.83. The SMILES string of the molecule is Cc1cc2c(cc1C(=O)Nc1ccc3c(c1)OCO3)OCCO2. The molecule has 0 aliphatic carbocycles. The van der Waals surface area contributed by atoms with Crippen LogP contribution in [0.15, 0.2) is 30.3 Å². The van der Waals surface area contributed by atoms with Crippen molar-refractivity contribution in [1.82, 2.24) is 0 Å². The quantitative estimate of drug-likeness (QED) is 0.923. The van der Waals surface area contributed by atoms with Crippen LogP contribution in [0.4, 0.5) is 5.69 Å². The Bertz CT molecular complexity index is 787. The topological polar surface area (TPSA) is 66.0 Å². The predicted octanol–water partition coefficient (Wildman–Crippen LogP) is 2.75. The van der Waals surface area contributed by atoms with Crippen molar-refractivity contribution in [1.29, 1.82) is 0 Å². The second-order valence-electron chi connectivity index (χ2n) is 5.33. The lowest BCUT2D eigenvalue weighted by Gasteiger charge is -2.20. The first-order valence-corrected chi connectivity index (χ1v) is 7.32. The van der Waals surface area contributed by atoms with Gasteiger partial charge < -0.3 is 24.3 Å². The highest BCUT2D eigenvalue weighted by molar-refractivity contribution is 6.05. The van der Waals surface area contributed by atoms with Gasteiger partial charge in [0.15, 0.2) is 23.0 Å². The third-order valence-electron chi connectivity index (χ3n) is 3.76. The number of ether oxygens (including phenoxy) is 4. The fraction of sp³-hybridized carbons (Fsp3) is 0.235. The maximum atomic E-state index is 12.5. The summed E-state index contributed by atoms with van der Waals surface area (Å²) in [5, 5.41) is 2.86. The molecule has 118 valence electrons. The van der Waals surface area contributed by atoms with Gasteiger partial charge in [-0.3, -0.25) is 4.79 Å². The fourth-order valence-corrected chi connectivity index (χ4v) is 2.61. The summed E-state index contributed by atoms with van der Waals surface area (Å²) in [5.41, 5.74) is 2.02. The Morgan fingerprint density at radius 2 is 1.61 bits per heavy atom. The van der Waals surface area contributed by atoms with Crippen LogP contribution in [0.1, 0.15) is 15.9 Å². The number of rotatable bonds is 2. The molecule has 1 N–H and O–H groups in total. The molecule has 6 heteroatoms. The monoisotopic (exact) mass is 313 g/mol. The molecule has 2 aliphatic rings. The minimum absolute atomic E-state index is 0.202. The van der Waals surface area contributed by atoms with Crippen molar-refractivity contribution in [2.24, 2.45) is 0 Å². The van der Waals surface area contributed by atoms with E-state index in [0.717, 1.165) is 5.56 Å². The Morgan fingerprint density at radius 1 is 0.913 bits per heavy atom. The third-order valence-corrected chi connectivity index (χ3v) is 3.76. The minimum atomic E-state index is -0.210. The molecule has 0 spiro atoms. The first kappa shape index (κ1) is 13.8. The second kappa shape index (κ2) is 5.39. The summed E-state index contributed by atoms with van der Waals surface area (Å²) < 4.78 is 21.6. The largest absolute Gasteiger partial charge is 0.486 e. The van der Waals surface area contributed by atoms with Gasteiger partial charge in [-0.15, -0.1) is 0 Å². The van der Waals surface area contributed by atoms with Crippen LogP contribution in [0.5, 0.6) is 23.0 Å². The standard InChI is InChI=1S/C17H15NO5/c1-10-6-14-16(21-5-4-20-14)8-12(10)17(19)18-11-2-3-13-15(7-11)23-9-22-13/h2-3,6-8H,4-5,9H2,1H3,(H,18,19). The number of nitrogens with one attached hydrogen (secondary N) is 1. The van der Waals surface area contributed by atoms with Crippen LogP contribution in [0.25, 0.3) is 0 Å². The highest BCUT2D eigenvalue weighted by Gasteiger charge is 2.19.